The smallest absolute Gasteiger partial charge is 0.284 e. The third-order valence-corrected chi connectivity index (χ3v) is 5.41. The van der Waals surface area contributed by atoms with Crippen LogP contribution in [0.5, 0.6) is 0 Å². The number of hydrogen-bond donors (Lipinski definition) is 0. The maximum atomic E-state index is 13.6. The van der Waals surface area contributed by atoms with Gasteiger partial charge in [-0.3, -0.25) is 3.97 Å². The van der Waals surface area contributed by atoms with E-state index in [1.807, 2.05) is 0 Å². The highest BCUT2D eigenvalue weighted by atomic mass is 127. The van der Waals surface area contributed by atoms with Crippen LogP contribution >= 0.6 is 30.3 Å². The quantitative estimate of drug-likeness (QED) is 0.347. The number of hydrogen-bond acceptors (Lipinski definition) is 5. The van der Waals surface area contributed by atoms with Crippen molar-refractivity contribution in [2.45, 2.75) is 5.03 Å². The molecule has 1 atom stereocenters. The van der Waals surface area contributed by atoms with Gasteiger partial charge in [0.2, 0.25) is 5.82 Å². The zero-order chi connectivity index (χ0) is 15.9. The molecule has 5 nitrogen and oxygen atoms in total. The van der Waals surface area contributed by atoms with Gasteiger partial charge in [0.1, 0.15) is 12.1 Å². The van der Waals surface area contributed by atoms with Gasteiger partial charge in [-0.1, -0.05) is 0 Å². The van der Waals surface area contributed by atoms with Crippen LogP contribution in [0.25, 0.3) is 22.4 Å². The molecule has 22 heavy (non-hydrogen) atoms. The first-order valence-corrected chi connectivity index (χ1v) is 10.7. The molecule has 3 rings (SSSR count). The number of rotatable bonds is 3. The molecular weight excluding hydrogens is 445 g/mol. The summed E-state index contributed by atoms with van der Waals surface area (Å²) in [6.07, 6.45) is 5.10. The number of fused-ring (bicyclic) bond motifs is 1. The van der Waals surface area contributed by atoms with E-state index in [0.717, 1.165) is 12.4 Å². The normalized spacial score (nSPS) is 12.8. The average Bonchev–Trinajstić information content (AvgIpc) is 2.85. The lowest BCUT2D eigenvalue weighted by molar-refractivity contribution is 0.551. The predicted molar refractivity (Wildman–Crippen MR) is 90.0 cm³/mol. The van der Waals surface area contributed by atoms with Crippen LogP contribution in [0.4, 0.5) is 8.78 Å². The van der Waals surface area contributed by atoms with Crippen molar-refractivity contribution in [3.63, 3.8) is 0 Å². The summed E-state index contributed by atoms with van der Waals surface area (Å²) < 4.78 is 40.3. The zero-order valence-electron chi connectivity index (χ0n) is 11.0. The molecule has 0 aliphatic heterocycles. The van der Waals surface area contributed by atoms with Gasteiger partial charge in [0.05, 0.1) is 12.4 Å². The number of pyridine rings is 1. The van der Waals surface area contributed by atoms with E-state index in [0.29, 0.717) is 16.6 Å². The number of nitrogens with zero attached hydrogens (tertiary/aromatic N) is 4. The Hall–Kier alpha value is -0.980. The van der Waals surface area contributed by atoms with Crippen LogP contribution in [0.2, 0.25) is 0 Å². The summed E-state index contributed by atoms with van der Waals surface area (Å²) in [6, 6.07) is 1.32. The summed E-state index contributed by atoms with van der Waals surface area (Å²) in [5.74, 6) is -1.06. The maximum Gasteiger partial charge on any atom is 0.284 e. The Kier molecular flexibility index (Phi) is 4.52. The first kappa shape index (κ1) is 15.9. The number of aromatic nitrogens is 4. The lowest BCUT2D eigenvalue weighted by Gasteiger charge is -2.05. The van der Waals surface area contributed by atoms with Crippen LogP contribution in [0.3, 0.4) is 0 Å². The molecule has 0 aliphatic rings. The van der Waals surface area contributed by atoms with Crippen LogP contribution in [-0.2, 0) is 11.2 Å². The largest absolute Gasteiger partial charge is 0.610 e. The Balaban J connectivity index is 2.26. The summed E-state index contributed by atoms with van der Waals surface area (Å²) in [4.78, 5) is 12.0. The van der Waals surface area contributed by atoms with E-state index < -0.39 is 22.8 Å². The van der Waals surface area contributed by atoms with Crippen molar-refractivity contribution in [3.8, 4) is 11.4 Å². The van der Waals surface area contributed by atoms with Crippen molar-refractivity contribution in [1.29, 1.82) is 0 Å². The molecule has 3 heterocycles. The van der Waals surface area contributed by atoms with Gasteiger partial charge in [-0.05, 0) is 6.07 Å². The molecule has 114 valence electrons. The molecule has 0 saturated heterocycles. The Morgan fingerprint density at radius 2 is 2.09 bits per heavy atom. The van der Waals surface area contributed by atoms with E-state index in [4.69, 9.17) is 0 Å². The molecule has 0 N–H and O–H groups in total. The highest BCUT2D eigenvalue weighted by molar-refractivity contribution is 14.2. The first-order chi connectivity index (χ1) is 10.5. The zero-order valence-corrected chi connectivity index (χ0v) is 14.7. The van der Waals surface area contributed by atoms with Crippen LogP contribution in [0, 0.1) is 11.6 Å². The molecule has 3 aromatic heterocycles. The van der Waals surface area contributed by atoms with E-state index in [-0.39, 0.29) is 10.9 Å². The molecular formula is C12H7F2IN4OS2. The van der Waals surface area contributed by atoms with Gasteiger partial charge < -0.3 is 4.55 Å². The predicted octanol–water partition coefficient (Wildman–Crippen LogP) is 3.36. The molecule has 0 aliphatic carbocycles. The monoisotopic (exact) mass is 452 g/mol. The summed E-state index contributed by atoms with van der Waals surface area (Å²) >= 11 is 0.475. The fourth-order valence-corrected chi connectivity index (χ4v) is 3.77. The van der Waals surface area contributed by atoms with Gasteiger partial charge in [-0.25, -0.2) is 14.4 Å². The van der Waals surface area contributed by atoms with Gasteiger partial charge in [-0.2, -0.15) is 9.37 Å². The summed E-state index contributed by atoms with van der Waals surface area (Å²) in [5, 5.41) is 0.320. The highest BCUT2D eigenvalue weighted by Crippen LogP contribution is 2.32. The van der Waals surface area contributed by atoms with Crippen LogP contribution in [0.1, 0.15) is 0 Å². The van der Waals surface area contributed by atoms with Crippen LogP contribution < -0.4 is 0 Å². The van der Waals surface area contributed by atoms with E-state index >= 15 is 0 Å². The molecule has 1 unspecified atom stereocenters. The molecule has 0 spiro atoms. The van der Waals surface area contributed by atoms with Crippen molar-refractivity contribution in [2.75, 3.05) is 6.26 Å². The second-order valence-electron chi connectivity index (χ2n) is 4.26. The third-order valence-electron chi connectivity index (χ3n) is 2.88. The standard InChI is InChI=1S/C12H7F2IN4OS2/c1-22(20)12-9(14)4-16-10(18-12)8-5-19(21-15)11-7(8)2-6(13)3-17-11/h2-5H,1H3. The fraction of sp³-hybridized carbons (Fsp3) is 0.0833. The minimum atomic E-state index is -1.59. The van der Waals surface area contributed by atoms with Crippen LogP contribution in [0.15, 0.2) is 29.7 Å². The molecule has 0 aromatic carbocycles. The maximum absolute atomic E-state index is 13.6. The highest BCUT2D eigenvalue weighted by Gasteiger charge is 2.20. The summed E-state index contributed by atoms with van der Waals surface area (Å²) in [7, 11) is 1.35. The van der Waals surface area contributed by atoms with E-state index in [1.165, 1.54) is 21.4 Å². The van der Waals surface area contributed by atoms with Gasteiger partial charge >= 0.3 is 0 Å². The lowest BCUT2D eigenvalue weighted by Crippen LogP contribution is -2.06. The summed E-state index contributed by atoms with van der Waals surface area (Å²) in [6.45, 7) is 0. The van der Waals surface area contributed by atoms with Gasteiger partial charge in [0, 0.05) is 58.6 Å². The molecule has 0 radical (unpaired) electrons. The van der Waals surface area contributed by atoms with E-state index in [9.17, 15) is 13.3 Å². The van der Waals surface area contributed by atoms with Gasteiger partial charge in [0.25, 0.3) is 5.03 Å². The van der Waals surface area contributed by atoms with Crippen molar-refractivity contribution in [2.24, 2.45) is 0 Å². The Morgan fingerprint density at radius 3 is 2.77 bits per heavy atom. The second-order valence-corrected chi connectivity index (χ2v) is 7.27. The van der Waals surface area contributed by atoms with Crippen molar-refractivity contribution < 1.29 is 13.3 Å². The fourth-order valence-electron chi connectivity index (χ4n) is 1.97. The van der Waals surface area contributed by atoms with Crippen molar-refractivity contribution >= 4 is 52.5 Å². The molecule has 10 heteroatoms. The topological polar surface area (TPSA) is 66.7 Å². The SMILES string of the molecule is C[S+]([O-])c1nc(-c2cn(SI)c3ncc(F)cc23)ncc1F. The van der Waals surface area contributed by atoms with Crippen molar-refractivity contribution in [3.05, 3.63) is 36.3 Å². The first-order valence-electron chi connectivity index (χ1n) is 5.83. The molecule has 0 saturated carbocycles. The van der Waals surface area contributed by atoms with E-state index in [1.54, 1.807) is 10.2 Å². The van der Waals surface area contributed by atoms with Gasteiger partial charge in [0.15, 0.2) is 11.5 Å². The third kappa shape index (κ3) is 2.79. The Labute approximate surface area is 143 Å². The molecule has 0 amide bonds. The van der Waals surface area contributed by atoms with Gasteiger partial charge in [-0.15, -0.1) is 0 Å². The average molecular weight is 452 g/mol. The van der Waals surface area contributed by atoms with E-state index in [2.05, 4.69) is 36.2 Å². The number of halogens is 3. The van der Waals surface area contributed by atoms with Crippen molar-refractivity contribution in [1.82, 2.24) is 18.9 Å². The Bertz CT molecular complexity index is 859. The molecule has 3 aromatic rings. The summed E-state index contributed by atoms with van der Waals surface area (Å²) in [5.41, 5.74) is 1.04. The Morgan fingerprint density at radius 1 is 1.32 bits per heavy atom. The lowest BCUT2D eigenvalue weighted by atomic mass is 10.2. The molecule has 0 fully saturated rings. The minimum Gasteiger partial charge on any atom is -0.610 e. The molecule has 0 bridgehead atoms. The minimum absolute atomic E-state index is 0.174. The van der Waals surface area contributed by atoms with Crippen LogP contribution in [-0.4, -0.2) is 29.7 Å². The second kappa shape index (κ2) is 6.26.